The molecule has 1 fully saturated rings. The van der Waals surface area contributed by atoms with Gasteiger partial charge in [0.1, 0.15) is 0 Å². The number of nitrogens with zero attached hydrogens (tertiary/aromatic N) is 3. The van der Waals surface area contributed by atoms with E-state index in [2.05, 4.69) is 20.2 Å². The number of rotatable bonds is 5. The number of benzene rings is 1. The molecule has 0 unspecified atom stereocenters. The van der Waals surface area contributed by atoms with Crippen molar-refractivity contribution in [3.8, 4) is 5.88 Å². The average Bonchev–Trinajstić information content (AvgIpc) is 3.10. The maximum Gasteiger partial charge on any atom is 0.262 e. The lowest BCUT2D eigenvalue weighted by molar-refractivity contribution is -0.118. The summed E-state index contributed by atoms with van der Waals surface area (Å²) in [5, 5.41) is 3.37. The second-order valence-corrected chi connectivity index (χ2v) is 6.55. The number of anilines is 2. The van der Waals surface area contributed by atoms with Crippen LogP contribution in [0.25, 0.3) is 0 Å². The van der Waals surface area contributed by atoms with E-state index in [1.807, 2.05) is 19.9 Å². The number of carbonyl (C=O) groups excluding carboxylic acids is 1. The molecule has 0 radical (unpaired) electrons. The number of hydrogen-bond acceptors (Lipinski definition) is 5. The Morgan fingerprint density at radius 1 is 1.24 bits per heavy atom. The lowest BCUT2D eigenvalue weighted by Gasteiger charge is -2.16. The summed E-state index contributed by atoms with van der Waals surface area (Å²) in [6.07, 6.45) is 2.30. The van der Waals surface area contributed by atoms with Crippen molar-refractivity contribution in [2.24, 2.45) is 0 Å². The van der Waals surface area contributed by atoms with Crippen LogP contribution < -0.4 is 15.0 Å². The zero-order chi connectivity index (χ0) is 17.8. The molecule has 132 valence electrons. The number of aromatic nitrogens is 2. The topological polar surface area (TPSA) is 67.3 Å². The third-order valence-corrected chi connectivity index (χ3v) is 4.42. The maximum atomic E-state index is 12.1. The largest absolute Gasteiger partial charge is 0.467 e. The highest BCUT2D eigenvalue weighted by atomic mass is 35.5. The van der Waals surface area contributed by atoms with Crippen LogP contribution in [0.3, 0.4) is 0 Å². The first-order valence-corrected chi connectivity index (χ1v) is 8.68. The van der Waals surface area contributed by atoms with Crippen molar-refractivity contribution >= 4 is 29.1 Å². The minimum atomic E-state index is -0.265. The van der Waals surface area contributed by atoms with E-state index in [-0.39, 0.29) is 12.5 Å². The van der Waals surface area contributed by atoms with Gasteiger partial charge in [0.2, 0.25) is 11.8 Å². The fourth-order valence-corrected chi connectivity index (χ4v) is 2.84. The summed E-state index contributed by atoms with van der Waals surface area (Å²) in [5.74, 6) is 0.809. The summed E-state index contributed by atoms with van der Waals surface area (Å²) >= 11 is 6.06. The van der Waals surface area contributed by atoms with Crippen LogP contribution in [0.4, 0.5) is 11.6 Å². The van der Waals surface area contributed by atoms with Crippen molar-refractivity contribution in [3.63, 3.8) is 0 Å². The first-order chi connectivity index (χ1) is 12.0. The highest BCUT2D eigenvalue weighted by Crippen LogP contribution is 2.21. The van der Waals surface area contributed by atoms with Crippen LogP contribution in [0.5, 0.6) is 5.88 Å². The zero-order valence-electron chi connectivity index (χ0n) is 14.4. The number of halogens is 1. The van der Waals surface area contributed by atoms with Crippen molar-refractivity contribution in [3.05, 3.63) is 40.5 Å². The first kappa shape index (κ1) is 17.5. The quantitative estimate of drug-likeness (QED) is 0.885. The lowest BCUT2D eigenvalue weighted by atomic mass is 10.2. The van der Waals surface area contributed by atoms with E-state index in [4.69, 9.17) is 16.3 Å². The lowest BCUT2D eigenvalue weighted by Crippen LogP contribution is -2.23. The Bertz CT molecular complexity index is 776. The Morgan fingerprint density at radius 2 is 2.00 bits per heavy atom. The van der Waals surface area contributed by atoms with Crippen LogP contribution in [-0.2, 0) is 4.79 Å². The molecule has 0 saturated carbocycles. The molecule has 6 nitrogen and oxygen atoms in total. The number of hydrogen-bond donors (Lipinski definition) is 1. The monoisotopic (exact) mass is 360 g/mol. The SMILES string of the molecule is Cc1cc(OCC(=O)Nc2ccc(C)c(Cl)c2)nc(N2CCCC2)n1. The maximum absolute atomic E-state index is 12.1. The minimum Gasteiger partial charge on any atom is -0.467 e. The molecule has 2 heterocycles. The van der Waals surface area contributed by atoms with Gasteiger partial charge in [-0.05, 0) is 44.4 Å². The molecule has 0 aliphatic carbocycles. The normalized spacial score (nSPS) is 13.8. The summed E-state index contributed by atoms with van der Waals surface area (Å²) in [4.78, 5) is 23.1. The fourth-order valence-electron chi connectivity index (χ4n) is 2.66. The number of aryl methyl sites for hydroxylation is 2. The fraction of sp³-hybridized carbons (Fsp3) is 0.389. The Labute approximate surface area is 152 Å². The van der Waals surface area contributed by atoms with Crippen molar-refractivity contribution in [2.45, 2.75) is 26.7 Å². The van der Waals surface area contributed by atoms with Gasteiger partial charge < -0.3 is 15.0 Å². The van der Waals surface area contributed by atoms with Gasteiger partial charge in [-0.15, -0.1) is 0 Å². The summed E-state index contributed by atoms with van der Waals surface area (Å²) in [6.45, 7) is 5.59. The van der Waals surface area contributed by atoms with Crippen LogP contribution >= 0.6 is 11.6 Å². The third-order valence-electron chi connectivity index (χ3n) is 4.01. The van der Waals surface area contributed by atoms with E-state index in [0.29, 0.717) is 22.5 Å². The van der Waals surface area contributed by atoms with Crippen LogP contribution in [0.15, 0.2) is 24.3 Å². The van der Waals surface area contributed by atoms with Gasteiger partial charge in [0.25, 0.3) is 5.91 Å². The summed E-state index contributed by atoms with van der Waals surface area (Å²) in [5.41, 5.74) is 2.42. The molecule has 7 heteroatoms. The van der Waals surface area contributed by atoms with Gasteiger partial charge in [-0.3, -0.25) is 4.79 Å². The number of nitrogens with one attached hydrogen (secondary N) is 1. The number of carbonyl (C=O) groups is 1. The number of ether oxygens (including phenoxy) is 1. The molecule has 2 aromatic rings. The standard InChI is InChI=1S/C18H21ClN4O2/c1-12-5-6-14(10-15(12)19)21-16(24)11-25-17-9-13(2)20-18(22-17)23-7-3-4-8-23/h5-6,9-10H,3-4,7-8,11H2,1-2H3,(H,21,24). The van der Waals surface area contributed by atoms with E-state index in [1.165, 1.54) is 0 Å². The van der Waals surface area contributed by atoms with Crippen molar-refractivity contribution in [1.82, 2.24) is 9.97 Å². The smallest absolute Gasteiger partial charge is 0.262 e. The molecule has 1 aromatic heterocycles. The van der Waals surface area contributed by atoms with Gasteiger partial charge in [0, 0.05) is 35.6 Å². The van der Waals surface area contributed by atoms with E-state index in [9.17, 15) is 4.79 Å². The van der Waals surface area contributed by atoms with Crippen LogP contribution in [0, 0.1) is 13.8 Å². The summed E-state index contributed by atoms with van der Waals surface area (Å²) in [7, 11) is 0. The number of amides is 1. The van der Waals surface area contributed by atoms with Gasteiger partial charge in [0.15, 0.2) is 6.61 Å². The molecule has 1 amide bonds. The van der Waals surface area contributed by atoms with Crippen molar-refractivity contribution in [1.29, 1.82) is 0 Å². The average molecular weight is 361 g/mol. The highest BCUT2D eigenvalue weighted by Gasteiger charge is 2.16. The molecule has 1 aromatic carbocycles. The third kappa shape index (κ3) is 4.60. The van der Waals surface area contributed by atoms with Crippen molar-refractivity contribution in [2.75, 3.05) is 29.9 Å². The van der Waals surface area contributed by atoms with Gasteiger partial charge in [0.05, 0.1) is 0 Å². The molecular formula is C18H21ClN4O2. The molecule has 25 heavy (non-hydrogen) atoms. The molecule has 0 atom stereocenters. The van der Waals surface area contributed by atoms with Crippen LogP contribution in [0.2, 0.25) is 5.02 Å². The summed E-state index contributed by atoms with van der Waals surface area (Å²) in [6, 6.07) is 7.11. The Kier molecular flexibility index (Phi) is 5.38. The van der Waals surface area contributed by atoms with Crippen molar-refractivity contribution < 1.29 is 9.53 Å². The molecular weight excluding hydrogens is 340 g/mol. The first-order valence-electron chi connectivity index (χ1n) is 8.31. The Balaban J connectivity index is 1.60. The Morgan fingerprint density at radius 3 is 2.72 bits per heavy atom. The second kappa shape index (κ2) is 7.70. The van der Waals surface area contributed by atoms with E-state index in [1.54, 1.807) is 18.2 Å². The predicted molar refractivity (Wildman–Crippen MR) is 98.5 cm³/mol. The molecule has 1 aliphatic rings. The molecule has 1 aliphatic heterocycles. The molecule has 1 N–H and O–H groups in total. The van der Waals surface area contributed by atoms with E-state index in [0.717, 1.165) is 37.2 Å². The van der Waals surface area contributed by atoms with Crippen LogP contribution in [-0.4, -0.2) is 35.6 Å². The molecule has 0 spiro atoms. The Hall–Kier alpha value is -2.34. The second-order valence-electron chi connectivity index (χ2n) is 6.14. The highest BCUT2D eigenvalue weighted by molar-refractivity contribution is 6.31. The molecule has 0 bridgehead atoms. The van der Waals surface area contributed by atoms with Gasteiger partial charge >= 0.3 is 0 Å². The predicted octanol–water partition coefficient (Wildman–Crippen LogP) is 3.36. The zero-order valence-corrected chi connectivity index (χ0v) is 15.1. The van der Waals surface area contributed by atoms with Crippen LogP contribution in [0.1, 0.15) is 24.1 Å². The minimum absolute atomic E-state index is 0.124. The molecule has 3 rings (SSSR count). The summed E-state index contributed by atoms with van der Waals surface area (Å²) < 4.78 is 5.55. The van der Waals surface area contributed by atoms with Gasteiger partial charge in [-0.2, -0.15) is 4.98 Å². The van der Waals surface area contributed by atoms with E-state index >= 15 is 0 Å². The van der Waals surface area contributed by atoms with Gasteiger partial charge in [-0.25, -0.2) is 4.98 Å². The van der Waals surface area contributed by atoms with E-state index < -0.39 is 0 Å². The molecule has 1 saturated heterocycles. The van der Waals surface area contributed by atoms with Gasteiger partial charge in [-0.1, -0.05) is 17.7 Å².